The average molecular weight is 414 g/mol. The van der Waals surface area contributed by atoms with E-state index >= 15 is 0 Å². The zero-order valence-electron chi connectivity index (χ0n) is 16.2. The molecule has 0 atom stereocenters. The van der Waals surface area contributed by atoms with Crippen molar-refractivity contribution in [3.63, 3.8) is 0 Å². The van der Waals surface area contributed by atoms with E-state index in [0.717, 1.165) is 5.56 Å². The fourth-order valence-electron chi connectivity index (χ4n) is 2.62. The number of halogens is 1. The lowest BCUT2D eigenvalue weighted by atomic mass is 10.1. The van der Waals surface area contributed by atoms with Crippen molar-refractivity contribution in [2.45, 2.75) is 13.8 Å². The minimum Gasteiger partial charge on any atom is -0.494 e. The molecule has 2 N–H and O–H groups in total. The molecule has 0 bridgehead atoms. The largest absolute Gasteiger partial charge is 0.494 e. The maximum atomic E-state index is 12.4. The van der Waals surface area contributed by atoms with E-state index in [1.54, 1.807) is 32.5 Å². The summed E-state index contributed by atoms with van der Waals surface area (Å²) in [7, 11) is 1.56. The summed E-state index contributed by atoms with van der Waals surface area (Å²) in [6, 6.07) is 7.06. The summed E-state index contributed by atoms with van der Waals surface area (Å²) in [6.07, 6.45) is 4.85. The third-order valence-electron chi connectivity index (χ3n) is 3.93. The number of pyridine rings is 1. The van der Waals surface area contributed by atoms with Crippen LogP contribution >= 0.6 is 11.6 Å². The number of aromatic nitrogens is 3. The van der Waals surface area contributed by atoms with Crippen molar-refractivity contribution in [2.75, 3.05) is 19.0 Å². The highest BCUT2D eigenvalue weighted by Crippen LogP contribution is 2.37. The highest BCUT2D eigenvalue weighted by molar-refractivity contribution is 6.29. The van der Waals surface area contributed by atoms with Gasteiger partial charge in [0.05, 0.1) is 36.2 Å². The molecule has 0 radical (unpaired) electrons. The smallest absolute Gasteiger partial charge is 0.278 e. The number of benzene rings is 1. The first-order valence-corrected chi connectivity index (χ1v) is 9.22. The second kappa shape index (κ2) is 9.31. The number of carbonyl (C=O) groups is 1. The number of ether oxygens (including phenoxy) is 1. The number of aryl methyl sites for hydroxylation is 1. The Morgan fingerprint density at radius 2 is 1.90 bits per heavy atom. The van der Waals surface area contributed by atoms with Gasteiger partial charge in [0.15, 0.2) is 11.6 Å². The Morgan fingerprint density at radius 1 is 1.14 bits per heavy atom. The number of rotatable bonds is 7. The highest BCUT2D eigenvalue weighted by Gasteiger charge is 2.17. The molecule has 1 amide bonds. The van der Waals surface area contributed by atoms with Crippen LogP contribution in [0.15, 0.2) is 42.9 Å². The lowest BCUT2D eigenvalue weighted by Gasteiger charge is -2.16. The number of hydroxylamine groups is 1. The molecule has 0 saturated heterocycles. The number of amides is 1. The number of hydrogen-bond donors (Lipinski definition) is 2. The summed E-state index contributed by atoms with van der Waals surface area (Å²) in [5.74, 6) is 0.606. The second-order valence-corrected chi connectivity index (χ2v) is 6.40. The normalized spacial score (nSPS) is 10.5. The molecule has 9 heteroatoms. The van der Waals surface area contributed by atoms with Gasteiger partial charge in [0.25, 0.3) is 5.91 Å². The Kier molecular flexibility index (Phi) is 6.58. The van der Waals surface area contributed by atoms with Crippen LogP contribution in [0.5, 0.6) is 5.75 Å². The third-order valence-corrected chi connectivity index (χ3v) is 4.14. The van der Waals surface area contributed by atoms with Gasteiger partial charge in [-0.25, -0.2) is 20.4 Å². The molecule has 2 aromatic heterocycles. The van der Waals surface area contributed by atoms with Gasteiger partial charge in [-0.15, -0.1) is 0 Å². The molecule has 1 aromatic carbocycles. The molecule has 8 nitrogen and oxygen atoms in total. The first kappa shape index (κ1) is 20.5. The fourth-order valence-corrected chi connectivity index (χ4v) is 2.77. The van der Waals surface area contributed by atoms with Crippen LogP contribution in [0, 0.1) is 6.92 Å². The van der Waals surface area contributed by atoms with E-state index in [0.29, 0.717) is 35.1 Å². The number of nitrogens with one attached hydrogen (secondary N) is 2. The van der Waals surface area contributed by atoms with Crippen LogP contribution in [0.25, 0.3) is 11.4 Å². The predicted molar refractivity (Wildman–Crippen MR) is 110 cm³/mol. The number of methoxy groups -OCH3 is 1. The van der Waals surface area contributed by atoms with Crippen molar-refractivity contribution in [3.8, 4) is 17.1 Å². The van der Waals surface area contributed by atoms with E-state index in [1.165, 1.54) is 6.20 Å². The summed E-state index contributed by atoms with van der Waals surface area (Å²) in [4.78, 5) is 30.1. The van der Waals surface area contributed by atoms with Crippen molar-refractivity contribution in [3.05, 3.63) is 59.1 Å². The second-order valence-electron chi connectivity index (χ2n) is 6.01. The van der Waals surface area contributed by atoms with Crippen LogP contribution in [0.2, 0.25) is 5.15 Å². The van der Waals surface area contributed by atoms with Crippen LogP contribution in [0.4, 0.5) is 11.4 Å². The van der Waals surface area contributed by atoms with Gasteiger partial charge in [-0.1, -0.05) is 17.7 Å². The van der Waals surface area contributed by atoms with Crippen molar-refractivity contribution < 1.29 is 14.4 Å². The van der Waals surface area contributed by atoms with Gasteiger partial charge in [-0.2, -0.15) is 0 Å². The number of para-hydroxylation sites is 1. The van der Waals surface area contributed by atoms with E-state index in [9.17, 15) is 4.79 Å². The SMILES string of the molecule is CCONC(=O)c1cnc(Cl)cc1Nc1cccc(-c2ncc(C)cn2)c1OC. The van der Waals surface area contributed by atoms with E-state index < -0.39 is 5.91 Å². The maximum absolute atomic E-state index is 12.4. The van der Waals surface area contributed by atoms with E-state index in [4.69, 9.17) is 21.2 Å². The van der Waals surface area contributed by atoms with E-state index in [-0.39, 0.29) is 10.7 Å². The lowest BCUT2D eigenvalue weighted by molar-refractivity contribution is 0.0365. The Bertz CT molecular complexity index is 1010. The molecular weight excluding hydrogens is 394 g/mol. The molecular formula is C20H20ClN5O3. The first-order valence-electron chi connectivity index (χ1n) is 8.84. The monoisotopic (exact) mass is 413 g/mol. The molecule has 2 heterocycles. The molecule has 0 fully saturated rings. The summed E-state index contributed by atoms with van der Waals surface area (Å²) in [6.45, 7) is 4.02. The molecule has 0 saturated carbocycles. The molecule has 3 rings (SSSR count). The molecule has 0 aliphatic carbocycles. The molecule has 0 aliphatic heterocycles. The molecule has 29 heavy (non-hydrogen) atoms. The summed E-state index contributed by atoms with van der Waals surface area (Å²) >= 11 is 6.04. The fraction of sp³-hybridized carbons (Fsp3) is 0.200. The number of nitrogens with zero attached hydrogens (tertiary/aromatic N) is 3. The van der Waals surface area contributed by atoms with Gasteiger partial charge in [-0.3, -0.25) is 9.63 Å². The molecule has 0 unspecified atom stereocenters. The van der Waals surface area contributed by atoms with Crippen molar-refractivity contribution in [1.29, 1.82) is 0 Å². The highest BCUT2D eigenvalue weighted by atomic mass is 35.5. The Morgan fingerprint density at radius 3 is 2.59 bits per heavy atom. The first-order chi connectivity index (χ1) is 14.0. The number of hydrogen-bond acceptors (Lipinski definition) is 7. The summed E-state index contributed by atoms with van der Waals surface area (Å²) in [5.41, 5.74) is 5.34. The zero-order chi connectivity index (χ0) is 20.8. The number of anilines is 2. The molecule has 3 aromatic rings. The summed E-state index contributed by atoms with van der Waals surface area (Å²) in [5, 5.41) is 3.42. The van der Waals surface area contributed by atoms with Crippen LogP contribution < -0.4 is 15.5 Å². The predicted octanol–water partition coefficient (Wildman–Crippen LogP) is 3.93. The van der Waals surface area contributed by atoms with Gasteiger partial charge < -0.3 is 10.1 Å². The minimum absolute atomic E-state index is 0.234. The van der Waals surface area contributed by atoms with Crippen LogP contribution in [-0.2, 0) is 4.84 Å². The van der Waals surface area contributed by atoms with Gasteiger partial charge in [0, 0.05) is 18.6 Å². The minimum atomic E-state index is -0.449. The van der Waals surface area contributed by atoms with Gasteiger partial charge in [0.2, 0.25) is 0 Å². The van der Waals surface area contributed by atoms with Crippen LogP contribution in [0.3, 0.4) is 0 Å². The average Bonchev–Trinajstić information content (AvgIpc) is 2.72. The van der Waals surface area contributed by atoms with E-state index in [2.05, 4.69) is 25.7 Å². The number of carbonyl (C=O) groups excluding carboxylic acids is 1. The molecule has 0 spiro atoms. The molecule has 150 valence electrons. The molecule has 0 aliphatic rings. The standard InChI is InChI=1S/C20H20ClN5O3/c1-4-29-26-20(27)14-11-22-17(21)8-16(14)25-15-7-5-6-13(18(15)28-3)19-23-9-12(2)10-24-19/h5-11H,4H2,1-3H3,(H,22,25)(H,26,27). The van der Waals surface area contributed by atoms with Crippen molar-refractivity contribution in [2.24, 2.45) is 0 Å². The van der Waals surface area contributed by atoms with E-state index in [1.807, 2.05) is 25.1 Å². The van der Waals surface area contributed by atoms with Gasteiger partial charge in [0.1, 0.15) is 5.15 Å². The van der Waals surface area contributed by atoms with Crippen LogP contribution in [0.1, 0.15) is 22.8 Å². The zero-order valence-corrected chi connectivity index (χ0v) is 16.9. The quantitative estimate of drug-likeness (QED) is 0.447. The Labute approximate surface area is 173 Å². The third kappa shape index (κ3) is 4.79. The van der Waals surface area contributed by atoms with Gasteiger partial charge >= 0.3 is 0 Å². The Balaban J connectivity index is 2.00. The topological polar surface area (TPSA) is 98.3 Å². The summed E-state index contributed by atoms with van der Waals surface area (Å²) < 4.78 is 5.61. The van der Waals surface area contributed by atoms with Gasteiger partial charge in [-0.05, 0) is 37.6 Å². The van der Waals surface area contributed by atoms with Crippen molar-refractivity contribution >= 4 is 28.9 Å². The lowest BCUT2D eigenvalue weighted by Crippen LogP contribution is -2.24. The van der Waals surface area contributed by atoms with Crippen molar-refractivity contribution in [1.82, 2.24) is 20.4 Å². The maximum Gasteiger partial charge on any atom is 0.278 e. The Hall–Kier alpha value is -3.23. The van der Waals surface area contributed by atoms with Crippen LogP contribution in [-0.4, -0.2) is 34.6 Å².